The fraction of sp³-hybridized carbons (Fsp3) is 0.350. The summed E-state index contributed by atoms with van der Waals surface area (Å²) in [6, 6.07) is 6.16. The van der Waals surface area contributed by atoms with Gasteiger partial charge in [0.2, 0.25) is 0 Å². The van der Waals surface area contributed by atoms with Crippen LogP contribution < -0.4 is 5.56 Å². The molecule has 0 saturated heterocycles. The fourth-order valence-electron chi connectivity index (χ4n) is 3.22. The molecule has 26 heavy (non-hydrogen) atoms. The lowest BCUT2D eigenvalue weighted by Gasteiger charge is -2.14. The third-order valence-corrected chi connectivity index (χ3v) is 5.33. The molecule has 3 rings (SSSR count). The van der Waals surface area contributed by atoms with Crippen LogP contribution in [0.1, 0.15) is 43.1 Å². The maximum absolute atomic E-state index is 13.2. The second kappa shape index (κ2) is 7.03. The number of fused-ring (bicyclic) bond motifs is 1. The van der Waals surface area contributed by atoms with Crippen LogP contribution in [0.15, 0.2) is 28.4 Å². The number of aromatic nitrogens is 2. The molecule has 0 bridgehead atoms. The van der Waals surface area contributed by atoms with E-state index in [1.807, 2.05) is 45.2 Å². The van der Waals surface area contributed by atoms with Gasteiger partial charge in [-0.3, -0.25) is 14.2 Å². The maximum Gasteiger partial charge on any atom is 0.305 e. The predicted molar refractivity (Wildman–Crippen MR) is 105 cm³/mol. The Labute approximate surface area is 155 Å². The number of carbonyl (C=O) groups is 1. The maximum atomic E-state index is 13.2. The minimum atomic E-state index is -0.924. The Morgan fingerprint density at radius 2 is 2.00 bits per heavy atom. The Morgan fingerprint density at radius 1 is 1.27 bits per heavy atom. The summed E-state index contributed by atoms with van der Waals surface area (Å²) >= 11 is 1.46. The van der Waals surface area contributed by atoms with E-state index in [1.165, 1.54) is 21.5 Å². The lowest BCUT2D eigenvalue weighted by molar-refractivity contribution is -0.137. The summed E-state index contributed by atoms with van der Waals surface area (Å²) in [4.78, 5) is 29.7. The smallest absolute Gasteiger partial charge is 0.305 e. The number of hydrogen-bond acceptors (Lipinski definition) is 4. The number of hydrogen-bond donors (Lipinski definition) is 1. The average Bonchev–Trinajstić information content (AvgIpc) is 2.97. The molecule has 0 unspecified atom stereocenters. The minimum absolute atomic E-state index is 0.0348. The van der Waals surface area contributed by atoms with E-state index >= 15 is 0 Å². The van der Waals surface area contributed by atoms with Crippen molar-refractivity contribution in [3.05, 3.63) is 50.9 Å². The Morgan fingerprint density at radius 3 is 2.62 bits per heavy atom. The number of nitrogens with zero attached hydrogens (tertiary/aromatic N) is 2. The summed E-state index contributed by atoms with van der Waals surface area (Å²) in [6.45, 7) is 8.13. The van der Waals surface area contributed by atoms with Gasteiger partial charge in [-0.2, -0.15) is 0 Å². The van der Waals surface area contributed by atoms with E-state index in [2.05, 4.69) is 6.07 Å². The van der Waals surface area contributed by atoms with Crippen LogP contribution in [0.2, 0.25) is 0 Å². The van der Waals surface area contributed by atoms with E-state index in [4.69, 9.17) is 10.1 Å². The number of thiophene rings is 1. The summed E-state index contributed by atoms with van der Waals surface area (Å²) in [5, 5.41) is 11.6. The normalized spacial score (nSPS) is 11.4. The number of rotatable bonds is 5. The molecule has 0 spiro atoms. The number of aryl methyl sites for hydroxylation is 2. The van der Waals surface area contributed by atoms with Gasteiger partial charge in [0.15, 0.2) is 0 Å². The van der Waals surface area contributed by atoms with Crippen LogP contribution in [0.4, 0.5) is 0 Å². The van der Waals surface area contributed by atoms with Crippen LogP contribution in [-0.2, 0) is 11.3 Å². The van der Waals surface area contributed by atoms with Gasteiger partial charge in [0, 0.05) is 23.4 Å². The quantitative estimate of drug-likeness (QED) is 0.725. The second-order valence-corrected chi connectivity index (χ2v) is 7.73. The van der Waals surface area contributed by atoms with Crippen molar-refractivity contribution in [2.45, 2.75) is 46.6 Å². The van der Waals surface area contributed by atoms with Gasteiger partial charge >= 0.3 is 5.97 Å². The monoisotopic (exact) mass is 370 g/mol. The standard InChI is InChI=1S/C20H22N2O3S/c1-11(2)18-21-19-17(20(25)22(18)8-7-16(23)24)15(10-26-19)14-6-5-12(3)9-13(14)4/h5-6,9-11H,7-8H2,1-4H3,(H,23,24). The van der Waals surface area contributed by atoms with Gasteiger partial charge in [0.25, 0.3) is 5.56 Å². The molecule has 6 heteroatoms. The van der Waals surface area contributed by atoms with Gasteiger partial charge in [-0.1, -0.05) is 37.6 Å². The Bertz CT molecular complexity index is 1050. The van der Waals surface area contributed by atoms with Crippen molar-refractivity contribution in [1.29, 1.82) is 0 Å². The van der Waals surface area contributed by atoms with Gasteiger partial charge in [0.1, 0.15) is 10.7 Å². The van der Waals surface area contributed by atoms with E-state index in [9.17, 15) is 9.59 Å². The molecule has 1 N–H and O–H groups in total. The first kappa shape index (κ1) is 18.3. The minimum Gasteiger partial charge on any atom is -0.481 e. The van der Waals surface area contributed by atoms with Gasteiger partial charge < -0.3 is 5.11 Å². The van der Waals surface area contributed by atoms with Crippen LogP contribution in [-0.4, -0.2) is 20.6 Å². The van der Waals surface area contributed by atoms with Gasteiger partial charge in [-0.25, -0.2) is 4.98 Å². The van der Waals surface area contributed by atoms with Gasteiger partial charge in [0.05, 0.1) is 11.8 Å². The molecule has 3 aromatic rings. The summed E-state index contributed by atoms with van der Waals surface area (Å²) in [7, 11) is 0. The molecule has 0 fully saturated rings. The second-order valence-electron chi connectivity index (χ2n) is 6.87. The molecule has 0 saturated carbocycles. The lowest BCUT2D eigenvalue weighted by Crippen LogP contribution is -2.27. The summed E-state index contributed by atoms with van der Waals surface area (Å²) in [5.74, 6) is -0.253. The van der Waals surface area contributed by atoms with E-state index in [0.29, 0.717) is 16.0 Å². The van der Waals surface area contributed by atoms with Crippen molar-refractivity contribution >= 4 is 27.5 Å². The van der Waals surface area contributed by atoms with Crippen molar-refractivity contribution in [3.63, 3.8) is 0 Å². The van der Waals surface area contributed by atoms with Crippen molar-refractivity contribution in [3.8, 4) is 11.1 Å². The molecule has 0 amide bonds. The molecular formula is C20H22N2O3S. The Hall–Kier alpha value is -2.47. The lowest BCUT2D eigenvalue weighted by atomic mass is 9.99. The molecule has 0 aliphatic carbocycles. The van der Waals surface area contributed by atoms with E-state index in [0.717, 1.165) is 16.7 Å². The summed E-state index contributed by atoms with van der Waals surface area (Å²) in [6.07, 6.45) is -0.101. The first-order chi connectivity index (χ1) is 12.3. The SMILES string of the molecule is Cc1ccc(-c2csc3nc(C(C)C)n(CCC(=O)O)c(=O)c23)c(C)c1. The van der Waals surface area contributed by atoms with Crippen LogP contribution in [0.5, 0.6) is 0 Å². The molecule has 0 radical (unpaired) electrons. The highest BCUT2D eigenvalue weighted by Gasteiger charge is 2.19. The van der Waals surface area contributed by atoms with Crippen LogP contribution in [0.3, 0.4) is 0 Å². The zero-order valence-electron chi connectivity index (χ0n) is 15.4. The Balaban J connectivity index is 2.27. The van der Waals surface area contributed by atoms with Crippen molar-refractivity contribution < 1.29 is 9.90 Å². The number of aliphatic carboxylic acids is 1. The van der Waals surface area contributed by atoms with Crippen LogP contribution in [0, 0.1) is 13.8 Å². The highest BCUT2D eigenvalue weighted by Crippen LogP contribution is 2.34. The van der Waals surface area contributed by atoms with Crippen LogP contribution >= 0.6 is 11.3 Å². The van der Waals surface area contributed by atoms with Gasteiger partial charge in [-0.05, 0) is 25.0 Å². The number of benzene rings is 1. The molecule has 136 valence electrons. The molecule has 0 atom stereocenters. The third-order valence-electron chi connectivity index (χ3n) is 4.46. The molecule has 0 aliphatic heterocycles. The molecule has 0 aliphatic rings. The fourth-order valence-corrected chi connectivity index (χ4v) is 4.15. The highest BCUT2D eigenvalue weighted by molar-refractivity contribution is 7.17. The topological polar surface area (TPSA) is 72.2 Å². The van der Waals surface area contributed by atoms with E-state index in [1.54, 1.807) is 0 Å². The molecule has 2 aromatic heterocycles. The summed E-state index contributed by atoms with van der Waals surface area (Å²) < 4.78 is 1.53. The Kier molecular flexibility index (Phi) is 4.96. The first-order valence-electron chi connectivity index (χ1n) is 8.61. The van der Waals surface area contributed by atoms with Crippen LogP contribution in [0.25, 0.3) is 21.3 Å². The van der Waals surface area contributed by atoms with Crippen molar-refractivity contribution in [2.24, 2.45) is 0 Å². The predicted octanol–water partition coefficient (Wildman–Crippen LogP) is 4.34. The van der Waals surface area contributed by atoms with Gasteiger partial charge in [-0.15, -0.1) is 11.3 Å². The largest absolute Gasteiger partial charge is 0.481 e. The van der Waals surface area contributed by atoms with E-state index in [-0.39, 0.29) is 24.4 Å². The zero-order valence-corrected chi connectivity index (χ0v) is 16.2. The molecule has 5 nitrogen and oxygen atoms in total. The molecular weight excluding hydrogens is 348 g/mol. The molecule has 2 heterocycles. The molecule has 1 aromatic carbocycles. The van der Waals surface area contributed by atoms with Crippen molar-refractivity contribution in [2.75, 3.05) is 0 Å². The average molecular weight is 370 g/mol. The summed E-state index contributed by atoms with van der Waals surface area (Å²) in [5.41, 5.74) is 4.01. The van der Waals surface area contributed by atoms with E-state index < -0.39 is 5.97 Å². The number of carboxylic acid groups (broad SMARTS) is 1. The van der Waals surface area contributed by atoms with Crippen molar-refractivity contribution in [1.82, 2.24) is 9.55 Å². The first-order valence-corrected chi connectivity index (χ1v) is 9.49. The zero-order chi connectivity index (χ0) is 19.0. The highest BCUT2D eigenvalue weighted by atomic mass is 32.1. The number of carboxylic acids is 1. The third kappa shape index (κ3) is 3.29.